The van der Waals surface area contributed by atoms with Gasteiger partial charge in [0.2, 0.25) is 0 Å². The van der Waals surface area contributed by atoms with E-state index in [1.165, 1.54) is 5.56 Å². The van der Waals surface area contributed by atoms with Gasteiger partial charge < -0.3 is 19.7 Å². The summed E-state index contributed by atoms with van der Waals surface area (Å²) in [4.78, 5) is 7.27. The zero-order valence-corrected chi connectivity index (χ0v) is 20.1. The van der Waals surface area contributed by atoms with Crippen LogP contribution in [0.1, 0.15) is 51.0 Å². The van der Waals surface area contributed by atoms with Crippen LogP contribution in [0.15, 0.2) is 35.3 Å². The van der Waals surface area contributed by atoms with E-state index in [-0.39, 0.29) is 24.0 Å². The van der Waals surface area contributed by atoms with E-state index >= 15 is 0 Å². The van der Waals surface area contributed by atoms with Gasteiger partial charge in [-0.3, -0.25) is 4.99 Å². The van der Waals surface area contributed by atoms with Crippen LogP contribution in [0.3, 0.4) is 0 Å². The second-order valence-electron chi connectivity index (χ2n) is 7.24. The second-order valence-corrected chi connectivity index (χ2v) is 7.24. The number of methoxy groups -OCH3 is 1. The highest BCUT2D eigenvalue weighted by Crippen LogP contribution is 2.19. The first-order chi connectivity index (χ1) is 13.2. The Morgan fingerprint density at radius 1 is 1.21 bits per heavy atom. The van der Waals surface area contributed by atoms with Gasteiger partial charge in [0.25, 0.3) is 0 Å². The summed E-state index contributed by atoms with van der Waals surface area (Å²) in [5.74, 6) is 1.58. The van der Waals surface area contributed by atoms with Gasteiger partial charge in [-0.2, -0.15) is 0 Å². The third-order valence-electron chi connectivity index (χ3n) is 5.12. The monoisotopic (exact) mass is 503 g/mol. The lowest BCUT2D eigenvalue weighted by atomic mass is 9.98. The Labute approximate surface area is 188 Å². The van der Waals surface area contributed by atoms with Crippen molar-refractivity contribution < 1.29 is 9.47 Å². The lowest BCUT2D eigenvalue weighted by Crippen LogP contribution is -2.47. The molecule has 5 nitrogen and oxygen atoms in total. The van der Waals surface area contributed by atoms with Crippen LogP contribution in [0.2, 0.25) is 0 Å². The van der Waals surface area contributed by atoms with Crippen LogP contribution in [-0.4, -0.2) is 63.5 Å². The Bertz CT molecular complexity index is 534. The number of hydrogen-bond donors (Lipinski definition) is 1. The van der Waals surface area contributed by atoms with Gasteiger partial charge >= 0.3 is 0 Å². The molecule has 0 spiro atoms. The molecule has 1 heterocycles. The lowest BCUT2D eigenvalue weighted by molar-refractivity contribution is 0.00990. The van der Waals surface area contributed by atoms with Gasteiger partial charge in [0.05, 0.1) is 6.10 Å². The van der Waals surface area contributed by atoms with Crippen molar-refractivity contribution in [3.05, 3.63) is 35.9 Å². The summed E-state index contributed by atoms with van der Waals surface area (Å²) in [6.07, 6.45) is 4.55. The minimum atomic E-state index is 0. The molecule has 0 aliphatic carbocycles. The Hall–Kier alpha value is -0.860. The Morgan fingerprint density at radius 3 is 2.57 bits per heavy atom. The van der Waals surface area contributed by atoms with Gasteiger partial charge in [0, 0.05) is 46.5 Å². The molecule has 0 radical (unpaired) electrons. The normalized spacial score (nSPS) is 16.5. The van der Waals surface area contributed by atoms with Crippen LogP contribution in [0.5, 0.6) is 0 Å². The average Bonchev–Trinajstić information content (AvgIpc) is 2.71. The van der Waals surface area contributed by atoms with Gasteiger partial charge in [0.15, 0.2) is 5.96 Å². The Kier molecular flexibility index (Phi) is 13.5. The minimum absolute atomic E-state index is 0. The molecular weight excluding hydrogens is 465 g/mol. The first kappa shape index (κ1) is 25.2. The third-order valence-corrected chi connectivity index (χ3v) is 5.12. The number of rotatable bonds is 10. The van der Waals surface area contributed by atoms with Crippen molar-refractivity contribution >= 4 is 29.9 Å². The van der Waals surface area contributed by atoms with Crippen molar-refractivity contribution in [2.45, 2.75) is 51.6 Å². The van der Waals surface area contributed by atoms with E-state index in [1.54, 1.807) is 7.11 Å². The third kappa shape index (κ3) is 9.09. The molecule has 0 saturated carbocycles. The first-order valence-corrected chi connectivity index (χ1v) is 10.4. The highest BCUT2D eigenvalue weighted by atomic mass is 127. The maximum atomic E-state index is 5.97. The van der Waals surface area contributed by atoms with E-state index in [4.69, 9.17) is 14.5 Å². The van der Waals surface area contributed by atoms with E-state index in [0.717, 1.165) is 71.0 Å². The largest absolute Gasteiger partial charge is 0.385 e. The molecule has 1 aromatic carbocycles. The van der Waals surface area contributed by atoms with Crippen LogP contribution in [0.25, 0.3) is 0 Å². The molecule has 0 aromatic heterocycles. The molecule has 1 atom stereocenters. The molecule has 0 amide bonds. The second kappa shape index (κ2) is 15.0. The zero-order chi connectivity index (χ0) is 19.3. The molecule has 1 saturated heterocycles. The molecule has 28 heavy (non-hydrogen) atoms. The van der Waals surface area contributed by atoms with E-state index in [0.29, 0.717) is 12.0 Å². The maximum Gasteiger partial charge on any atom is 0.193 e. The Balaban J connectivity index is 0.00000392. The molecule has 2 rings (SSSR count). The number of nitrogens with one attached hydrogen (secondary N) is 1. The SMILES string of the molecule is CCNC(=NCCC(C)c1ccccc1)N1CCC(OCCCOC)CC1.I. The molecule has 1 fully saturated rings. The van der Waals surface area contributed by atoms with Crippen LogP contribution >= 0.6 is 24.0 Å². The molecule has 1 aromatic rings. The van der Waals surface area contributed by atoms with Crippen LogP contribution in [0.4, 0.5) is 0 Å². The molecule has 1 unspecified atom stereocenters. The van der Waals surface area contributed by atoms with Gasteiger partial charge in [-0.15, -0.1) is 24.0 Å². The molecule has 1 aliphatic heterocycles. The molecule has 1 aliphatic rings. The quantitative estimate of drug-likeness (QED) is 0.224. The fourth-order valence-corrected chi connectivity index (χ4v) is 3.43. The number of ether oxygens (including phenoxy) is 2. The highest BCUT2D eigenvalue weighted by Gasteiger charge is 2.21. The molecule has 1 N–H and O–H groups in total. The van der Waals surface area contributed by atoms with E-state index in [9.17, 15) is 0 Å². The van der Waals surface area contributed by atoms with E-state index in [1.807, 2.05) is 0 Å². The van der Waals surface area contributed by atoms with Crippen molar-refractivity contribution in [2.24, 2.45) is 4.99 Å². The summed E-state index contributed by atoms with van der Waals surface area (Å²) in [5, 5.41) is 3.46. The average molecular weight is 503 g/mol. The van der Waals surface area contributed by atoms with Crippen molar-refractivity contribution in [3.63, 3.8) is 0 Å². The fraction of sp³-hybridized carbons (Fsp3) is 0.682. The van der Waals surface area contributed by atoms with Crippen molar-refractivity contribution in [1.29, 1.82) is 0 Å². The standard InChI is InChI=1S/C22H37N3O2.HI/c1-4-23-22(24-14-11-19(2)20-9-6-5-7-10-20)25-15-12-21(13-16-25)27-18-8-17-26-3;/h5-7,9-10,19,21H,4,8,11-18H2,1-3H3,(H,23,24);1H. The zero-order valence-electron chi connectivity index (χ0n) is 17.7. The van der Waals surface area contributed by atoms with Crippen LogP contribution < -0.4 is 5.32 Å². The maximum absolute atomic E-state index is 5.97. The summed E-state index contributed by atoms with van der Waals surface area (Å²) in [6.45, 7) is 9.76. The minimum Gasteiger partial charge on any atom is -0.385 e. The topological polar surface area (TPSA) is 46.1 Å². The number of piperidine rings is 1. The van der Waals surface area contributed by atoms with Crippen molar-refractivity contribution in [2.75, 3.05) is 46.5 Å². The summed E-state index contributed by atoms with van der Waals surface area (Å²) >= 11 is 0. The number of hydrogen-bond acceptors (Lipinski definition) is 3. The lowest BCUT2D eigenvalue weighted by Gasteiger charge is -2.34. The van der Waals surface area contributed by atoms with Gasteiger partial charge in [-0.1, -0.05) is 37.3 Å². The van der Waals surface area contributed by atoms with Gasteiger partial charge in [-0.25, -0.2) is 0 Å². The van der Waals surface area contributed by atoms with Gasteiger partial charge in [0.1, 0.15) is 0 Å². The van der Waals surface area contributed by atoms with Crippen LogP contribution in [0, 0.1) is 0 Å². The molecule has 6 heteroatoms. The summed E-state index contributed by atoms with van der Waals surface area (Å²) in [6, 6.07) is 10.7. The van der Waals surface area contributed by atoms with E-state index < -0.39 is 0 Å². The molecule has 160 valence electrons. The number of halogens is 1. The van der Waals surface area contributed by atoms with Gasteiger partial charge in [-0.05, 0) is 44.1 Å². The number of nitrogens with zero attached hydrogens (tertiary/aromatic N) is 2. The number of likely N-dealkylation sites (tertiary alicyclic amines) is 1. The number of guanidine groups is 1. The number of aliphatic imine (C=N–C) groups is 1. The van der Waals surface area contributed by atoms with Crippen LogP contribution in [-0.2, 0) is 9.47 Å². The van der Waals surface area contributed by atoms with Crippen molar-refractivity contribution in [1.82, 2.24) is 10.2 Å². The summed E-state index contributed by atoms with van der Waals surface area (Å²) in [7, 11) is 1.74. The number of benzene rings is 1. The van der Waals surface area contributed by atoms with E-state index in [2.05, 4.69) is 54.4 Å². The highest BCUT2D eigenvalue weighted by molar-refractivity contribution is 14.0. The smallest absolute Gasteiger partial charge is 0.193 e. The predicted molar refractivity (Wildman–Crippen MR) is 128 cm³/mol. The summed E-state index contributed by atoms with van der Waals surface area (Å²) in [5.41, 5.74) is 1.39. The van der Waals surface area contributed by atoms with Crippen molar-refractivity contribution in [3.8, 4) is 0 Å². The molecular formula is C22H38IN3O2. The molecule has 0 bridgehead atoms. The summed E-state index contributed by atoms with van der Waals surface area (Å²) < 4.78 is 11.0. The predicted octanol–water partition coefficient (Wildman–Crippen LogP) is 4.28. The fourth-order valence-electron chi connectivity index (χ4n) is 3.43. The Morgan fingerprint density at radius 2 is 1.93 bits per heavy atom. The first-order valence-electron chi connectivity index (χ1n) is 10.4.